The van der Waals surface area contributed by atoms with Gasteiger partial charge in [0, 0.05) is 62.4 Å². The van der Waals surface area contributed by atoms with Gasteiger partial charge in [-0.2, -0.15) is 0 Å². The summed E-state index contributed by atoms with van der Waals surface area (Å²) in [6, 6.07) is 21.2. The Bertz CT molecular complexity index is 1230. The molecule has 0 radical (unpaired) electrons. The SMILES string of the molecule is CCN1CCN(Cc2ccc3cc[nH]c3c2)C[C@H](Cc2ccccc2-c2cccnc2)C1=O. The van der Waals surface area contributed by atoms with Gasteiger partial charge in [-0.3, -0.25) is 14.7 Å². The summed E-state index contributed by atoms with van der Waals surface area (Å²) < 4.78 is 0. The molecule has 1 N–H and O–H groups in total. The predicted molar refractivity (Wildman–Crippen MR) is 133 cm³/mol. The fourth-order valence-electron chi connectivity index (χ4n) is 4.94. The highest BCUT2D eigenvalue weighted by atomic mass is 16.2. The fraction of sp³-hybridized carbons (Fsp3) is 0.286. The average Bonchev–Trinajstić information content (AvgIpc) is 3.27. The maximum Gasteiger partial charge on any atom is 0.227 e. The highest BCUT2D eigenvalue weighted by molar-refractivity contribution is 5.81. The number of aromatic nitrogens is 2. The smallest absolute Gasteiger partial charge is 0.227 e. The number of hydrogen-bond donors (Lipinski definition) is 1. The lowest BCUT2D eigenvalue weighted by atomic mass is 9.91. The van der Waals surface area contributed by atoms with Crippen molar-refractivity contribution in [3.05, 3.63) is 90.4 Å². The molecule has 5 rings (SSSR count). The molecule has 1 atom stereocenters. The Hall–Kier alpha value is -3.44. The van der Waals surface area contributed by atoms with Crippen LogP contribution in [0.1, 0.15) is 18.1 Å². The van der Waals surface area contributed by atoms with Crippen LogP contribution in [-0.4, -0.2) is 51.9 Å². The third-order valence-corrected chi connectivity index (χ3v) is 6.69. The second-order valence-corrected chi connectivity index (χ2v) is 8.85. The lowest BCUT2D eigenvalue weighted by molar-refractivity contribution is -0.134. The molecule has 1 saturated heterocycles. The number of likely N-dealkylation sites (N-methyl/N-ethyl adjacent to an activating group) is 1. The zero-order valence-electron chi connectivity index (χ0n) is 19.1. The maximum absolute atomic E-state index is 13.4. The van der Waals surface area contributed by atoms with E-state index >= 15 is 0 Å². The first-order chi connectivity index (χ1) is 16.2. The van der Waals surface area contributed by atoms with E-state index in [1.165, 1.54) is 16.5 Å². The standard InChI is InChI=1S/C28H30N4O/c1-2-32-15-14-31(19-21-9-10-22-11-13-30-27(22)16-21)20-25(28(32)33)17-23-6-3-4-8-26(23)24-7-5-12-29-18-24/h3-13,16,18,25,30H,2,14-15,17,19-20H2,1H3/t25-/m0/s1. The summed E-state index contributed by atoms with van der Waals surface area (Å²) in [6.07, 6.45) is 6.40. The minimum Gasteiger partial charge on any atom is -0.361 e. The summed E-state index contributed by atoms with van der Waals surface area (Å²) in [4.78, 5) is 25.5. The number of amides is 1. The first-order valence-corrected chi connectivity index (χ1v) is 11.8. The number of aromatic amines is 1. The van der Waals surface area contributed by atoms with Crippen LogP contribution in [0.15, 0.2) is 79.3 Å². The molecule has 1 aliphatic heterocycles. The van der Waals surface area contributed by atoms with Crippen molar-refractivity contribution < 1.29 is 4.79 Å². The molecular formula is C28H30N4O. The molecule has 0 bridgehead atoms. The number of fused-ring (bicyclic) bond motifs is 1. The first kappa shape index (κ1) is 21.4. The molecule has 2 aromatic heterocycles. The Kier molecular flexibility index (Phi) is 6.22. The fourth-order valence-corrected chi connectivity index (χ4v) is 4.94. The zero-order chi connectivity index (χ0) is 22.6. The molecular weight excluding hydrogens is 408 g/mol. The number of hydrogen-bond acceptors (Lipinski definition) is 3. The molecule has 0 unspecified atom stereocenters. The average molecular weight is 439 g/mol. The summed E-state index contributed by atoms with van der Waals surface area (Å²) in [5, 5.41) is 1.23. The number of nitrogens with zero attached hydrogens (tertiary/aromatic N) is 3. The van der Waals surface area contributed by atoms with Crippen LogP contribution in [0.25, 0.3) is 22.0 Å². The number of pyridine rings is 1. The van der Waals surface area contributed by atoms with Crippen molar-refractivity contribution in [1.29, 1.82) is 0 Å². The van der Waals surface area contributed by atoms with Crippen molar-refractivity contribution in [2.24, 2.45) is 5.92 Å². The Balaban J connectivity index is 1.40. The third kappa shape index (κ3) is 4.69. The van der Waals surface area contributed by atoms with Gasteiger partial charge in [0.1, 0.15) is 0 Å². The molecule has 168 valence electrons. The molecule has 2 aromatic carbocycles. The lowest BCUT2D eigenvalue weighted by Crippen LogP contribution is -2.37. The monoisotopic (exact) mass is 438 g/mol. The first-order valence-electron chi connectivity index (χ1n) is 11.8. The predicted octanol–water partition coefficient (Wildman–Crippen LogP) is 4.75. The molecule has 33 heavy (non-hydrogen) atoms. The minimum absolute atomic E-state index is 0.0699. The van der Waals surface area contributed by atoms with Gasteiger partial charge >= 0.3 is 0 Å². The van der Waals surface area contributed by atoms with Gasteiger partial charge in [-0.15, -0.1) is 0 Å². The normalized spacial score (nSPS) is 17.4. The van der Waals surface area contributed by atoms with Crippen LogP contribution >= 0.6 is 0 Å². The second kappa shape index (κ2) is 9.59. The summed E-state index contributed by atoms with van der Waals surface area (Å²) in [6.45, 7) is 6.11. The Morgan fingerprint density at radius 1 is 1.06 bits per heavy atom. The van der Waals surface area contributed by atoms with Gasteiger partial charge < -0.3 is 9.88 Å². The molecule has 1 aliphatic rings. The number of carbonyl (C=O) groups excluding carboxylic acids is 1. The minimum atomic E-state index is -0.0699. The molecule has 1 amide bonds. The highest BCUT2D eigenvalue weighted by Crippen LogP contribution is 2.27. The molecule has 0 spiro atoms. The lowest BCUT2D eigenvalue weighted by Gasteiger charge is -2.24. The summed E-state index contributed by atoms with van der Waals surface area (Å²) in [7, 11) is 0. The van der Waals surface area contributed by atoms with Gasteiger partial charge in [-0.05, 0) is 53.6 Å². The van der Waals surface area contributed by atoms with Crippen LogP contribution in [0.2, 0.25) is 0 Å². The molecule has 5 nitrogen and oxygen atoms in total. The van der Waals surface area contributed by atoms with Crippen molar-refractivity contribution in [2.75, 3.05) is 26.2 Å². The number of rotatable bonds is 6. The molecule has 0 saturated carbocycles. The van der Waals surface area contributed by atoms with Crippen molar-refractivity contribution in [3.8, 4) is 11.1 Å². The summed E-state index contributed by atoms with van der Waals surface area (Å²) in [5.74, 6) is 0.195. The van der Waals surface area contributed by atoms with Crippen LogP contribution < -0.4 is 0 Å². The zero-order valence-corrected chi connectivity index (χ0v) is 19.1. The largest absolute Gasteiger partial charge is 0.361 e. The number of carbonyl (C=O) groups is 1. The van der Waals surface area contributed by atoms with E-state index in [4.69, 9.17) is 0 Å². The second-order valence-electron chi connectivity index (χ2n) is 8.85. The molecule has 3 heterocycles. The van der Waals surface area contributed by atoms with Crippen LogP contribution in [-0.2, 0) is 17.8 Å². The van der Waals surface area contributed by atoms with E-state index in [1.54, 1.807) is 6.20 Å². The van der Waals surface area contributed by atoms with Crippen LogP contribution in [0.3, 0.4) is 0 Å². The van der Waals surface area contributed by atoms with Crippen LogP contribution in [0.5, 0.6) is 0 Å². The van der Waals surface area contributed by atoms with Crippen molar-refractivity contribution in [2.45, 2.75) is 19.9 Å². The van der Waals surface area contributed by atoms with E-state index in [0.717, 1.165) is 55.8 Å². The van der Waals surface area contributed by atoms with Gasteiger partial charge in [0.2, 0.25) is 5.91 Å². The molecule has 1 fully saturated rings. The van der Waals surface area contributed by atoms with Crippen molar-refractivity contribution in [3.63, 3.8) is 0 Å². The summed E-state index contributed by atoms with van der Waals surface area (Å²) >= 11 is 0. The Morgan fingerprint density at radius 2 is 1.97 bits per heavy atom. The van der Waals surface area contributed by atoms with Crippen molar-refractivity contribution >= 4 is 16.8 Å². The number of benzene rings is 2. The van der Waals surface area contributed by atoms with Crippen molar-refractivity contribution in [1.82, 2.24) is 19.8 Å². The Morgan fingerprint density at radius 3 is 2.82 bits per heavy atom. The summed E-state index contributed by atoms with van der Waals surface area (Å²) in [5.41, 5.74) is 5.90. The van der Waals surface area contributed by atoms with E-state index in [9.17, 15) is 4.79 Å². The molecule has 4 aromatic rings. The van der Waals surface area contributed by atoms with Gasteiger partial charge in [0.05, 0.1) is 5.92 Å². The van der Waals surface area contributed by atoms with Gasteiger partial charge in [0.15, 0.2) is 0 Å². The maximum atomic E-state index is 13.4. The van der Waals surface area contributed by atoms with E-state index in [-0.39, 0.29) is 11.8 Å². The van der Waals surface area contributed by atoms with E-state index in [1.807, 2.05) is 23.4 Å². The van der Waals surface area contributed by atoms with Crippen LogP contribution in [0.4, 0.5) is 0 Å². The van der Waals surface area contributed by atoms with E-state index < -0.39 is 0 Å². The third-order valence-electron chi connectivity index (χ3n) is 6.69. The van der Waals surface area contributed by atoms with E-state index in [2.05, 4.69) is 76.4 Å². The molecule has 5 heteroatoms. The van der Waals surface area contributed by atoms with Gasteiger partial charge in [0.25, 0.3) is 0 Å². The van der Waals surface area contributed by atoms with Gasteiger partial charge in [-0.1, -0.05) is 42.5 Å². The van der Waals surface area contributed by atoms with Gasteiger partial charge in [-0.25, -0.2) is 0 Å². The topological polar surface area (TPSA) is 52.2 Å². The number of nitrogens with one attached hydrogen (secondary N) is 1. The number of H-pyrrole nitrogens is 1. The quantitative estimate of drug-likeness (QED) is 0.473. The molecule has 0 aliphatic carbocycles. The van der Waals surface area contributed by atoms with E-state index in [0.29, 0.717) is 0 Å². The van der Waals surface area contributed by atoms with Crippen LogP contribution in [0, 0.1) is 5.92 Å². The highest BCUT2D eigenvalue weighted by Gasteiger charge is 2.30. The Labute approximate surface area is 195 Å².